The first-order valence-electron chi connectivity index (χ1n) is 5.21. The molecular formula is C11H20N2OS. The van der Waals surface area contributed by atoms with E-state index < -0.39 is 0 Å². The topological polar surface area (TPSA) is 34.1 Å². The fourth-order valence-corrected chi connectivity index (χ4v) is 1.88. The third-order valence-corrected chi connectivity index (χ3v) is 3.15. The lowest BCUT2D eigenvalue weighted by atomic mass is 9.90. The van der Waals surface area contributed by atoms with E-state index in [1.54, 1.807) is 18.4 Å². The van der Waals surface area contributed by atoms with E-state index in [4.69, 9.17) is 4.74 Å². The summed E-state index contributed by atoms with van der Waals surface area (Å²) in [4.78, 5) is 5.33. The number of thiazole rings is 1. The predicted octanol–water partition coefficient (Wildman–Crippen LogP) is 2.30. The molecule has 0 aliphatic carbocycles. The van der Waals surface area contributed by atoms with Crippen molar-refractivity contribution in [2.45, 2.75) is 26.8 Å². The number of methoxy groups -OCH3 is 1. The fourth-order valence-electron chi connectivity index (χ4n) is 1.32. The van der Waals surface area contributed by atoms with Gasteiger partial charge in [-0.05, 0) is 11.8 Å². The van der Waals surface area contributed by atoms with E-state index in [1.165, 1.54) is 4.88 Å². The van der Waals surface area contributed by atoms with E-state index >= 15 is 0 Å². The Morgan fingerprint density at radius 1 is 1.53 bits per heavy atom. The highest BCUT2D eigenvalue weighted by Crippen LogP contribution is 2.19. The van der Waals surface area contributed by atoms with Crippen molar-refractivity contribution in [2.24, 2.45) is 5.41 Å². The molecule has 0 saturated carbocycles. The molecule has 3 nitrogen and oxygen atoms in total. The molecule has 1 heterocycles. The Morgan fingerprint density at radius 3 is 2.93 bits per heavy atom. The van der Waals surface area contributed by atoms with Gasteiger partial charge in [-0.15, -0.1) is 11.3 Å². The van der Waals surface area contributed by atoms with Gasteiger partial charge in [-0.25, -0.2) is 0 Å². The third kappa shape index (κ3) is 5.25. The van der Waals surface area contributed by atoms with Gasteiger partial charge in [-0.2, -0.15) is 0 Å². The van der Waals surface area contributed by atoms with Crippen molar-refractivity contribution in [1.29, 1.82) is 0 Å². The summed E-state index contributed by atoms with van der Waals surface area (Å²) < 4.78 is 5.09. The van der Waals surface area contributed by atoms with E-state index in [-0.39, 0.29) is 0 Å². The maximum absolute atomic E-state index is 5.09. The molecule has 0 spiro atoms. The van der Waals surface area contributed by atoms with Crippen molar-refractivity contribution in [1.82, 2.24) is 10.3 Å². The molecule has 4 heteroatoms. The van der Waals surface area contributed by atoms with Crippen LogP contribution in [0.5, 0.6) is 0 Å². The Balaban J connectivity index is 2.18. The quantitative estimate of drug-likeness (QED) is 0.777. The normalized spacial score (nSPS) is 11.9. The molecule has 86 valence electrons. The van der Waals surface area contributed by atoms with Gasteiger partial charge in [0.15, 0.2) is 0 Å². The SMILES string of the molecule is COCCC(C)(C)CNCc1cncs1. The van der Waals surface area contributed by atoms with Crippen molar-refractivity contribution in [2.75, 3.05) is 20.3 Å². The van der Waals surface area contributed by atoms with Crippen LogP contribution >= 0.6 is 11.3 Å². The van der Waals surface area contributed by atoms with Crippen LogP contribution in [0.3, 0.4) is 0 Å². The molecule has 0 atom stereocenters. The Bertz CT molecular complexity index is 260. The van der Waals surface area contributed by atoms with Crippen LogP contribution < -0.4 is 5.32 Å². The number of aromatic nitrogens is 1. The summed E-state index contributed by atoms with van der Waals surface area (Å²) in [5.41, 5.74) is 2.16. The van der Waals surface area contributed by atoms with Gasteiger partial charge in [0, 0.05) is 37.9 Å². The van der Waals surface area contributed by atoms with Crippen molar-refractivity contribution in [3.8, 4) is 0 Å². The largest absolute Gasteiger partial charge is 0.385 e. The molecule has 0 fully saturated rings. The van der Waals surface area contributed by atoms with Crippen molar-refractivity contribution >= 4 is 11.3 Å². The maximum atomic E-state index is 5.09. The van der Waals surface area contributed by atoms with Gasteiger partial charge in [0.2, 0.25) is 0 Å². The van der Waals surface area contributed by atoms with Crippen LogP contribution in [-0.4, -0.2) is 25.2 Å². The summed E-state index contributed by atoms with van der Waals surface area (Å²) in [6.45, 7) is 7.27. The molecule has 1 rings (SSSR count). The fraction of sp³-hybridized carbons (Fsp3) is 0.727. The zero-order valence-electron chi connectivity index (χ0n) is 9.75. The first kappa shape index (κ1) is 12.6. The van der Waals surface area contributed by atoms with Crippen LogP contribution in [0, 0.1) is 5.41 Å². The lowest BCUT2D eigenvalue weighted by Crippen LogP contribution is -2.29. The number of nitrogens with one attached hydrogen (secondary N) is 1. The predicted molar refractivity (Wildman–Crippen MR) is 64.1 cm³/mol. The number of hydrogen-bond donors (Lipinski definition) is 1. The highest BCUT2D eigenvalue weighted by atomic mass is 32.1. The summed E-state index contributed by atoms with van der Waals surface area (Å²) in [6, 6.07) is 0. The average Bonchev–Trinajstić information content (AvgIpc) is 2.67. The van der Waals surface area contributed by atoms with Gasteiger partial charge >= 0.3 is 0 Å². The minimum Gasteiger partial charge on any atom is -0.385 e. The first-order valence-corrected chi connectivity index (χ1v) is 6.09. The number of ether oxygens (including phenoxy) is 1. The lowest BCUT2D eigenvalue weighted by molar-refractivity contribution is 0.150. The zero-order valence-corrected chi connectivity index (χ0v) is 10.6. The highest BCUT2D eigenvalue weighted by molar-refractivity contribution is 7.09. The van der Waals surface area contributed by atoms with Crippen LogP contribution in [-0.2, 0) is 11.3 Å². The summed E-state index contributed by atoms with van der Waals surface area (Å²) >= 11 is 1.69. The first-order chi connectivity index (χ1) is 7.14. The highest BCUT2D eigenvalue weighted by Gasteiger charge is 2.16. The second-order valence-corrected chi connectivity index (χ2v) is 5.45. The Kier molecular flexibility index (Phi) is 5.22. The number of hydrogen-bond acceptors (Lipinski definition) is 4. The number of nitrogens with zero attached hydrogens (tertiary/aromatic N) is 1. The van der Waals surface area contributed by atoms with E-state index in [2.05, 4.69) is 24.1 Å². The molecule has 0 aromatic carbocycles. The lowest BCUT2D eigenvalue weighted by Gasteiger charge is -2.24. The molecule has 0 unspecified atom stereocenters. The molecule has 1 aromatic heterocycles. The minimum absolute atomic E-state index is 0.292. The maximum Gasteiger partial charge on any atom is 0.0794 e. The molecule has 0 aliphatic heterocycles. The molecule has 0 saturated heterocycles. The van der Waals surface area contributed by atoms with E-state index in [0.29, 0.717) is 5.41 Å². The van der Waals surface area contributed by atoms with E-state index in [0.717, 1.165) is 26.1 Å². The molecular weight excluding hydrogens is 208 g/mol. The molecule has 0 amide bonds. The van der Waals surface area contributed by atoms with Crippen molar-refractivity contribution in [3.05, 3.63) is 16.6 Å². The molecule has 1 aromatic rings. The average molecular weight is 228 g/mol. The summed E-state index contributed by atoms with van der Waals surface area (Å²) in [5, 5.41) is 3.45. The van der Waals surface area contributed by atoms with Crippen LogP contribution in [0.25, 0.3) is 0 Å². The molecule has 0 radical (unpaired) electrons. The molecule has 0 aliphatic rings. The minimum atomic E-state index is 0.292. The Morgan fingerprint density at radius 2 is 2.33 bits per heavy atom. The van der Waals surface area contributed by atoms with E-state index in [9.17, 15) is 0 Å². The van der Waals surface area contributed by atoms with Crippen LogP contribution in [0.15, 0.2) is 11.7 Å². The molecule has 1 N–H and O–H groups in total. The monoisotopic (exact) mass is 228 g/mol. The summed E-state index contributed by atoms with van der Waals surface area (Å²) in [6.07, 6.45) is 3.00. The van der Waals surface area contributed by atoms with Crippen molar-refractivity contribution < 1.29 is 4.74 Å². The number of rotatable bonds is 7. The van der Waals surface area contributed by atoms with Crippen LogP contribution in [0.2, 0.25) is 0 Å². The molecule has 15 heavy (non-hydrogen) atoms. The second kappa shape index (κ2) is 6.20. The van der Waals surface area contributed by atoms with Gasteiger partial charge in [0.1, 0.15) is 0 Å². The standard InChI is InChI=1S/C11H20N2OS/c1-11(2,4-5-14-3)8-12-6-10-7-13-9-15-10/h7,9,12H,4-6,8H2,1-3H3. The van der Waals surface area contributed by atoms with Gasteiger partial charge in [-0.1, -0.05) is 13.8 Å². The van der Waals surface area contributed by atoms with Crippen LogP contribution in [0.1, 0.15) is 25.1 Å². The summed E-state index contributed by atoms with van der Waals surface area (Å²) in [7, 11) is 1.75. The van der Waals surface area contributed by atoms with Gasteiger partial charge in [0.25, 0.3) is 0 Å². The van der Waals surface area contributed by atoms with Crippen LogP contribution in [0.4, 0.5) is 0 Å². The molecule has 0 bridgehead atoms. The van der Waals surface area contributed by atoms with Gasteiger partial charge in [-0.3, -0.25) is 4.98 Å². The second-order valence-electron chi connectivity index (χ2n) is 4.48. The van der Waals surface area contributed by atoms with Gasteiger partial charge < -0.3 is 10.1 Å². The smallest absolute Gasteiger partial charge is 0.0794 e. The Labute approximate surface area is 95.9 Å². The zero-order chi connectivity index (χ0) is 11.1. The third-order valence-electron chi connectivity index (χ3n) is 2.37. The Hall–Kier alpha value is -0.450. The summed E-state index contributed by atoms with van der Waals surface area (Å²) in [5.74, 6) is 0. The van der Waals surface area contributed by atoms with Crippen molar-refractivity contribution in [3.63, 3.8) is 0 Å². The van der Waals surface area contributed by atoms with E-state index in [1.807, 2.05) is 11.7 Å². The van der Waals surface area contributed by atoms with Gasteiger partial charge in [0.05, 0.1) is 5.51 Å².